The van der Waals surface area contributed by atoms with Crippen molar-refractivity contribution in [2.75, 3.05) is 18.2 Å². The van der Waals surface area contributed by atoms with Gasteiger partial charge in [0.25, 0.3) is 0 Å². The lowest BCUT2D eigenvalue weighted by Crippen LogP contribution is -2.09. The van der Waals surface area contributed by atoms with Crippen LogP contribution in [0.15, 0.2) is 12.1 Å². The van der Waals surface area contributed by atoms with Crippen LogP contribution in [0.5, 0.6) is 5.75 Å². The summed E-state index contributed by atoms with van der Waals surface area (Å²) >= 11 is 2.98. The summed E-state index contributed by atoms with van der Waals surface area (Å²) in [4.78, 5) is 21.7. The number of hydrogen-bond donors (Lipinski definition) is 1. The summed E-state index contributed by atoms with van der Waals surface area (Å²) in [7, 11) is 1.26. The number of nitrogens with zero attached hydrogens (tertiary/aromatic N) is 1. The predicted molar refractivity (Wildman–Crippen MR) is 62.2 cm³/mol. The maximum Gasteiger partial charge on any atom is 0.311 e. The Labute approximate surface area is 99.7 Å². The molecular weight excluding hydrogens is 280 g/mol. The molecule has 0 atom stereocenters. The number of anilines is 1. The second-order valence-electron chi connectivity index (χ2n) is 2.90. The Kier molecular flexibility index (Phi) is 3.83. The minimum Gasteiger partial charge on any atom is -0.490 e. The fourth-order valence-corrected chi connectivity index (χ4v) is 1.57. The van der Waals surface area contributed by atoms with Gasteiger partial charge < -0.3 is 10.5 Å². The topological polar surface area (TPSA) is 95.5 Å². The number of nitro benzene ring substituents is 1. The third kappa shape index (κ3) is 2.13. The lowest BCUT2D eigenvalue weighted by atomic mass is 10.1. The van der Waals surface area contributed by atoms with Gasteiger partial charge in [0.1, 0.15) is 0 Å². The molecule has 0 aromatic heterocycles. The number of carbonyl (C=O) groups is 1. The molecule has 0 aliphatic carbocycles. The highest BCUT2D eigenvalue weighted by Gasteiger charge is 2.24. The quantitative estimate of drug-likeness (QED) is 0.299. The van der Waals surface area contributed by atoms with Crippen LogP contribution in [0.3, 0.4) is 0 Å². The number of hydrogen-bond acceptors (Lipinski definition) is 5. The van der Waals surface area contributed by atoms with Gasteiger partial charge in [-0.25, -0.2) is 0 Å². The van der Waals surface area contributed by atoms with Crippen molar-refractivity contribution in [1.82, 2.24) is 0 Å². The standard InChI is InChI=1S/C9H9BrN2O4/c1-16-9-6(12(14)15)3-2-5(11)8(9)7(13)4-10/h2-3H,4,11H2,1H3. The van der Waals surface area contributed by atoms with Gasteiger partial charge in [-0.2, -0.15) is 0 Å². The summed E-state index contributed by atoms with van der Waals surface area (Å²) in [6, 6.07) is 2.52. The average molecular weight is 289 g/mol. The molecule has 0 heterocycles. The lowest BCUT2D eigenvalue weighted by Gasteiger charge is -2.09. The van der Waals surface area contributed by atoms with E-state index in [-0.39, 0.29) is 33.8 Å². The normalized spacial score (nSPS) is 9.88. The highest BCUT2D eigenvalue weighted by molar-refractivity contribution is 9.09. The van der Waals surface area contributed by atoms with E-state index in [0.717, 1.165) is 0 Å². The molecule has 6 nitrogen and oxygen atoms in total. The smallest absolute Gasteiger partial charge is 0.311 e. The molecule has 0 unspecified atom stereocenters. The summed E-state index contributed by atoms with van der Waals surface area (Å²) in [5.74, 6) is -0.465. The average Bonchev–Trinajstić information content (AvgIpc) is 2.26. The minimum absolute atomic E-state index is 0.0225. The largest absolute Gasteiger partial charge is 0.490 e. The molecule has 0 aliphatic heterocycles. The summed E-state index contributed by atoms with van der Waals surface area (Å²) in [5.41, 5.74) is 5.52. The number of ether oxygens (including phenoxy) is 1. The van der Waals surface area contributed by atoms with Crippen molar-refractivity contribution >= 4 is 33.1 Å². The summed E-state index contributed by atoms with van der Waals surface area (Å²) in [6.07, 6.45) is 0. The van der Waals surface area contributed by atoms with Crippen LogP contribution in [0, 0.1) is 10.1 Å². The Morgan fingerprint density at radius 3 is 2.69 bits per heavy atom. The van der Waals surface area contributed by atoms with Crippen LogP contribution in [-0.4, -0.2) is 23.1 Å². The Balaban J connectivity index is 3.50. The molecule has 0 bridgehead atoms. The minimum atomic E-state index is -0.622. The van der Waals surface area contributed by atoms with Gasteiger partial charge in [0, 0.05) is 11.8 Å². The van der Waals surface area contributed by atoms with Crippen LogP contribution in [0.1, 0.15) is 10.4 Å². The maximum absolute atomic E-state index is 11.6. The number of halogens is 1. The van der Waals surface area contributed by atoms with E-state index in [1.807, 2.05) is 0 Å². The molecule has 7 heteroatoms. The molecule has 0 radical (unpaired) electrons. The van der Waals surface area contributed by atoms with Crippen LogP contribution in [-0.2, 0) is 0 Å². The fraction of sp³-hybridized carbons (Fsp3) is 0.222. The zero-order chi connectivity index (χ0) is 12.3. The first kappa shape index (κ1) is 12.4. The molecule has 16 heavy (non-hydrogen) atoms. The van der Waals surface area contributed by atoms with E-state index < -0.39 is 4.92 Å². The zero-order valence-electron chi connectivity index (χ0n) is 8.40. The number of ketones is 1. The van der Waals surface area contributed by atoms with Gasteiger partial charge in [-0.3, -0.25) is 14.9 Å². The molecule has 0 amide bonds. The number of benzene rings is 1. The van der Waals surface area contributed by atoms with Crippen LogP contribution >= 0.6 is 15.9 Å². The number of rotatable bonds is 4. The van der Waals surface area contributed by atoms with Crippen LogP contribution in [0.25, 0.3) is 0 Å². The van der Waals surface area contributed by atoms with Crippen molar-refractivity contribution in [3.8, 4) is 5.75 Å². The number of carbonyl (C=O) groups excluding carboxylic acids is 1. The van der Waals surface area contributed by atoms with Crippen LogP contribution in [0.2, 0.25) is 0 Å². The fourth-order valence-electron chi connectivity index (χ4n) is 1.29. The Morgan fingerprint density at radius 2 is 2.25 bits per heavy atom. The van der Waals surface area contributed by atoms with E-state index in [9.17, 15) is 14.9 Å². The Hall–Kier alpha value is -1.63. The molecule has 0 aliphatic rings. The van der Waals surface area contributed by atoms with Crippen molar-refractivity contribution < 1.29 is 14.5 Å². The van der Waals surface area contributed by atoms with Crippen molar-refractivity contribution in [1.29, 1.82) is 0 Å². The third-order valence-corrected chi connectivity index (χ3v) is 2.48. The number of nitro groups is 1. The Bertz CT molecular complexity index is 447. The molecule has 2 N–H and O–H groups in total. The van der Waals surface area contributed by atoms with E-state index in [2.05, 4.69) is 15.9 Å². The van der Waals surface area contributed by atoms with Crippen molar-refractivity contribution in [2.24, 2.45) is 0 Å². The molecule has 1 rings (SSSR count). The zero-order valence-corrected chi connectivity index (χ0v) is 9.98. The van der Waals surface area contributed by atoms with E-state index in [4.69, 9.17) is 10.5 Å². The summed E-state index contributed by atoms with van der Waals surface area (Å²) in [6.45, 7) is 0. The van der Waals surface area contributed by atoms with E-state index in [1.54, 1.807) is 0 Å². The highest BCUT2D eigenvalue weighted by atomic mass is 79.9. The maximum atomic E-state index is 11.6. The number of nitrogens with two attached hydrogens (primary N) is 1. The van der Waals surface area contributed by atoms with Crippen LogP contribution < -0.4 is 10.5 Å². The van der Waals surface area contributed by atoms with E-state index >= 15 is 0 Å². The van der Waals surface area contributed by atoms with E-state index in [0.29, 0.717) is 0 Å². The first-order valence-corrected chi connectivity index (χ1v) is 5.35. The van der Waals surface area contributed by atoms with Gasteiger partial charge in [0.15, 0.2) is 5.78 Å². The van der Waals surface area contributed by atoms with Gasteiger partial charge in [0.05, 0.1) is 22.9 Å². The van der Waals surface area contributed by atoms with Crippen molar-refractivity contribution in [3.05, 3.63) is 27.8 Å². The molecule has 0 spiro atoms. The molecular formula is C9H9BrN2O4. The number of alkyl halides is 1. The number of Topliss-reactive ketones (excluding diaryl/α,β-unsaturated/α-hetero) is 1. The first-order valence-electron chi connectivity index (χ1n) is 4.23. The third-order valence-electron chi connectivity index (χ3n) is 1.97. The molecule has 0 saturated carbocycles. The number of nitrogen functional groups attached to an aromatic ring is 1. The van der Waals surface area contributed by atoms with Gasteiger partial charge in [-0.1, -0.05) is 15.9 Å². The SMILES string of the molecule is COc1c([N+](=O)[O-])ccc(N)c1C(=O)CBr. The van der Waals surface area contributed by atoms with Gasteiger partial charge in [-0.05, 0) is 6.07 Å². The van der Waals surface area contributed by atoms with Crippen LogP contribution in [0.4, 0.5) is 11.4 Å². The molecule has 0 saturated heterocycles. The van der Waals surface area contributed by atoms with E-state index in [1.165, 1.54) is 19.2 Å². The summed E-state index contributed by atoms with van der Waals surface area (Å²) < 4.78 is 4.88. The van der Waals surface area contributed by atoms with Crippen molar-refractivity contribution in [2.45, 2.75) is 0 Å². The highest BCUT2D eigenvalue weighted by Crippen LogP contribution is 2.35. The molecule has 0 fully saturated rings. The summed E-state index contributed by atoms with van der Waals surface area (Å²) in [5, 5.41) is 10.7. The van der Waals surface area contributed by atoms with Gasteiger partial charge >= 0.3 is 5.69 Å². The monoisotopic (exact) mass is 288 g/mol. The second-order valence-corrected chi connectivity index (χ2v) is 3.46. The van der Waals surface area contributed by atoms with Gasteiger partial charge in [0.2, 0.25) is 5.75 Å². The molecule has 86 valence electrons. The Morgan fingerprint density at radius 1 is 1.62 bits per heavy atom. The van der Waals surface area contributed by atoms with Crippen molar-refractivity contribution in [3.63, 3.8) is 0 Å². The lowest BCUT2D eigenvalue weighted by molar-refractivity contribution is -0.385. The number of methoxy groups -OCH3 is 1. The van der Waals surface area contributed by atoms with Gasteiger partial charge in [-0.15, -0.1) is 0 Å². The first-order chi connectivity index (χ1) is 7.52. The molecule has 1 aromatic carbocycles. The predicted octanol–water partition coefficient (Wildman–Crippen LogP) is 1.76. The second kappa shape index (κ2) is 4.93. The molecule has 1 aromatic rings.